The van der Waals surface area contributed by atoms with Gasteiger partial charge in [-0.25, -0.2) is 4.79 Å². The highest BCUT2D eigenvalue weighted by Gasteiger charge is 2.15. The average molecular weight is 335 g/mol. The fraction of sp³-hybridized carbons (Fsp3) is 0.250. The third-order valence-electron chi connectivity index (χ3n) is 3.00. The van der Waals surface area contributed by atoms with Gasteiger partial charge < -0.3 is 10.1 Å². The van der Waals surface area contributed by atoms with Crippen LogP contribution in [0.5, 0.6) is 0 Å². The van der Waals surface area contributed by atoms with Crippen molar-refractivity contribution < 1.29 is 14.3 Å². The lowest BCUT2D eigenvalue weighted by molar-refractivity contribution is -0.113. The third kappa shape index (κ3) is 4.11. The Morgan fingerprint density at radius 3 is 2.73 bits per heavy atom. The number of thioether (sulfide) groups is 1. The lowest BCUT2D eigenvalue weighted by Crippen LogP contribution is -2.15. The molecule has 4 nitrogen and oxygen atoms in total. The minimum Gasteiger partial charge on any atom is -0.465 e. The molecule has 2 aromatic rings. The van der Waals surface area contributed by atoms with Gasteiger partial charge in [-0.15, -0.1) is 23.1 Å². The SMILES string of the molecule is COC(=O)c1sccc1NC(=O)CSc1ccc(C)cc1C. The molecule has 2 rings (SSSR count). The molecular weight excluding hydrogens is 318 g/mol. The first kappa shape index (κ1) is 16.6. The van der Waals surface area contributed by atoms with Crippen LogP contribution in [0.3, 0.4) is 0 Å². The summed E-state index contributed by atoms with van der Waals surface area (Å²) in [6.07, 6.45) is 0. The van der Waals surface area contributed by atoms with Gasteiger partial charge in [-0.3, -0.25) is 4.79 Å². The number of hydrogen-bond donors (Lipinski definition) is 1. The molecule has 0 atom stereocenters. The predicted molar refractivity (Wildman–Crippen MR) is 90.9 cm³/mol. The number of ether oxygens (including phenoxy) is 1. The first-order chi connectivity index (χ1) is 10.5. The molecule has 0 radical (unpaired) electrons. The quantitative estimate of drug-likeness (QED) is 0.665. The molecule has 0 saturated heterocycles. The summed E-state index contributed by atoms with van der Waals surface area (Å²) in [5.41, 5.74) is 2.86. The Labute approximate surface area is 137 Å². The Kier molecular flexibility index (Phi) is 5.63. The summed E-state index contributed by atoms with van der Waals surface area (Å²) >= 11 is 2.73. The summed E-state index contributed by atoms with van der Waals surface area (Å²) in [5.74, 6) is -0.291. The monoisotopic (exact) mass is 335 g/mol. The van der Waals surface area contributed by atoms with Crippen LogP contribution in [0.15, 0.2) is 34.5 Å². The molecule has 6 heteroatoms. The molecule has 0 unspecified atom stereocenters. The van der Waals surface area contributed by atoms with E-state index in [4.69, 9.17) is 0 Å². The molecule has 0 aliphatic carbocycles. The summed E-state index contributed by atoms with van der Waals surface area (Å²) in [4.78, 5) is 25.1. The molecular formula is C16H17NO3S2. The van der Waals surface area contributed by atoms with Crippen LogP contribution in [0.25, 0.3) is 0 Å². The van der Waals surface area contributed by atoms with Gasteiger partial charge in [0, 0.05) is 4.90 Å². The van der Waals surface area contributed by atoms with Crippen LogP contribution in [-0.2, 0) is 9.53 Å². The number of anilines is 1. The fourth-order valence-corrected chi connectivity index (χ4v) is 3.52. The second-order valence-electron chi connectivity index (χ2n) is 4.76. The number of hydrogen-bond acceptors (Lipinski definition) is 5. The van der Waals surface area contributed by atoms with E-state index in [1.54, 1.807) is 11.4 Å². The number of methoxy groups -OCH3 is 1. The zero-order valence-electron chi connectivity index (χ0n) is 12.6. The second kappa shape index (κ2) is 7.47. The van der Waals surface area contributed by atoms with Crippen LogP contribution < -0.4 is 5.32 Å². The van der Waals surface area contributed by atoms with Crippen LogP contribution in [0.1, 0.15) is 20.8 Å². The normalized spacial score (nSPS) is 10.3. The molecule has 22 heavy (non-hydrogen) atoms. The van der Waals surface area contributed by atoms with Gasteiger partial charge in [-0.05, 0) is 36.9 Å². The Balaban J connectivity index is 1.96. The van der Waals surface area contributed by atoms with Crippen molar-refractivity contribution in [2.24, 2.45) is 0 Å². The maximum atomic E-state index is 12.0. The molecule has 0 spiro atoms. The van der Waals surface area contributed by atoms with Crippen LogP contribution in [0, 0.1) is 13.8 Å². The van der Waals surface area contributed by atoms with Gasteiger partial charge in [0.15, 0.2) is 0 Å². The number of nitrogens with one attached hydrogen (secondary N) is 1. The fourth-order valence-electron chi connectivity index (χ4n) is 1.95. The number of benzene rings is 1. The van der Waals surface area contributed by atoms with Crippen molar-refractivity contribution in [3.05, 3.63) is 45.6 Å². The van der Waals surface area contributed by atoms with E-state index in [1.165, 1.54) is 35.8 Å². The van der Waals surface area contributed by atoms with Gasteiger partial charge in [0.2, 0.25) is 5.91 Å². The minimum absolute atomic E-state index is 0.145. The Morgan fingerprint density at radius 2 is 2.05 bits per heavy atom. The van der Waals surface area contributed by atoms with E-state index in [0.29, 0.717) is 16.3 Å². The largest absolute Gasteiger partial charge is 0.465 e. The van der Waals surface area contributed by atoms with Crippen LogP contribution >= 0.6 is 23.1 Å². The number of aryl methyl sites for hydroxylation is 2. The first-order valence-electron chi connectivity index (χ1n) is 6.67. The molecule has 116 valence electrons. The molecule has 0 bridgehead atoms. The Morgan fingerprint density at radius 1 is 1.27 bits per heavy atom. The molecule has 0 saturated carbocycles. The predicted octanol–water partition coefficient (Wildman–Crippen LogP) is 3.88. The maximum Gasteiger partial charge on any atom is 0.350 e. The summed E-state index contributed by atoms with van der Waals surface area (Å²) in [6, 6.07) is 7.85. The molecule has 0 aliphatic rings. The van der Waals surface area contributed by atoms with Gasteiger partial charge in [-0.2, -0.15) is 0 Å². The van der Waals surface area contributed by atoms with E-state index in [9.17, 15) is 9.59 Å². The summed E-state index contributed by atoms with van der Waals surface area (Å²) < 4.78 is 4.69. The van der Waals surface area contributed by atoms with Crippen LogP contribution in [-0.4, -0.2) is 24.7 Å². The van der Waals surface area contributed by atoms with Crippen molar-refractivity contribution in [2.75, 3.05) is 18.2 Å². The Hall–Kier alpha value is -1.79. The molecule has 1 N–H and O–H groups in total. The van der Waals surface area contributed by atoms with Crippen molar-refractivity contribution in [1.82, 2.24) is 0 Å². The topological polar surface area (TPSA) is 55.4 Å². The van der Waals surface area contributed by atoms with Crippen molar-refractivity contribution in [2.45, 2.75) is 18.7 Å². The number of carbonyl (C=O) groups excluding carboxylic acids is 2. The van der Waals surface area contributed by atoms with Gasteiger partial charge >= 0.3 is 5.97 Å². The van der Waals surface area contributed by atoms with Gasteiger partial charge in [0.25, 0.3) is 0 Å². The molecule has 0 fully saturated rings. The molecule has 1 aromatic heterocycles. The average Bonchev–Trinajstić information content (AvgIpc) is 2.93. The van der Waals surface area contributed by atoms with Gasteiger partial charge in [-0.1, -0.05) is 17.7 Å². The summed E-state index contributed by atoms with van der Waals surface area (Å²) in [7, 11) is 1.32. The van der Waals surface area contributed by atoms with E-state index in [0.717, 1.165) is 10.5 Å². The van der Waals surface area contributed by atoms with Gasteiger partial charge in [0.05, 0.1) is 18.6 Å². The number of amides is 1. The number of carbonyl (C=O) groups is 2. The van der Waals surface area contributed by atoms with E-state index in [2.05, 4.69) is 16.1 Å². The zero-order valence-corrected chi connectivity index (χ0v) is 14.3. The summed E-state index contributed by atoms with van der Waals surface area (Å²) in [5, 5.41) is 4.51. The van der Waals surface area contributed by atoms with E-state index < -0.39 is 5.97 Å². The highest BCUT2D eigenvalue weighted by Crippen LogP contribution is 2.25. The second-order valence-corrected chi connectivity index (χ2v) is 6.69. The number of thiophene rings is 1. The number of rotatable bonds is 5. The molecule has 1 aromatic carbocycles. The highest BCUT2D eigenvalue weighted by atomic mass is 32.2. The van der Waals surface area contributed by atoms with Crippen molar-refractivity contribution >= 4 is 40.7 Å². The van der Waals surface area contributed by atoms with Crippen LogP contribution in [0.2, 0.25) is 0 Å². The lowest BCUT2D eigenvalue weighted by Gasteiger charge is -2.08. The first-order valence-corrected chi connectivity index (χ1v) is 8.53. The smallest absolute Gasteiger partial charge is 0.350 e. The van der Waals surface area contributed by atoms with E-state index in [-0.39, 0.29) is 5.91 Å². The van der Waals surface area contributed by atoms with Crippen molar-refractivity contribution in [1.29, 1.82) is 0 Å². The number of esters is 1. The zero-order chi connectivity index (χ0) is 16.1. The third-order valence-corrected chi connectivity index (χ3v) is 5.07. The Bertz CT molecular complexity index is 694. The van der Waals surface area contributed by atoms with E-state index >= 15 is 0 Å². The standard InChI is InChI=1S/C16H17NO3S2/c1-10-4-5-13(11(2)8-10)22-9-14(18)17-12-6-7-21-15(12)16(19)20-3/h4-8H,9H2,1-3H3,(H,17,18). The molecule has 1 amide bonds. The molecule has 1 heterocycles. The highest BCUT2D eigenvalue weighted by molar-refractivity contribution is 8.00. The summed E-state index contributed by atoms with van der Waals surface area (Å²) in [6.45, 7) is 4.07. The van der Waals surface area contributed by atoms with Crippen molar-refractivity contribution in [3.63, 3.8) is 0 Å². The van der Waals surface area contributed by atoms with Gasteiger partial charge in [0.1, 0.15) is 4.88 Å². The van der Waals surface area contributed by atoms with E-state index in [1.807, 2.05) is 26.0 Å². The molecule has 0 aliphatic heterocycles. The minimum atomic E-state index is -0.438. The maximum absolute atomic E-state index is 12.0. The lowest BCUT2D eigenvalue weighted by atomic mass is 10.2. The van der Waals surface area contributed by atoms with Crippen molar-refractivity contribution in [3.8, 4) is 0 Å². The van der Waals surface area contributed by atoms with Crippen LogP contribution in [0.4, 0.5) is 5.69 Å².